The van der Waals surface area contributed by atoms with Crippen LogP contribution in [0.15, 0.2) is 77.7 Å². The van der Waals surface area contributed by atoms with Crippen molar-refractivity contribution < 1.29 is 31.5 Å². The fourth-order valence-corrected chi connectivity index (χ4v) is 7.79. The Bertz CT molecular complexity index is 1870. The Kier molecular flexibility index (Phi) is 9.73. The lowest BCUT2D eigenvalue weighted by Gasteiger charge is -2.36. The Morgan fingerprint density at radius 2 is 1.54 bits per heavy atom. The average molecular weight is 679 g/mol. The third-order valence-corrected chi connectivity index (χ3v) is 10.5. The summed E-state index contributed by atoms with van der Waals surface area (Å²) in [5.41, 5.74) is 2.14. The molecule has 3 heterocycles. The lowest BCUT2D eigenvalue weighted by molar-refractivity contribution is -0.124. The number of rotatable bonds is 10. The molecule has 2 saturated heterocycles. The number of anilines is 2. The highest BCUT2D eigenvalue weighted by molar-refractivity contribution is 7.89. The van der Waals surface area contributed by atoms with Crippen molar-refractivity contribution in [2.45, 2.75) is 30.3 Å². The van der Waals surface area contributed by atoms with Crippen LogP contribution < -0.4 is 24.6 Å². The zero-order valence-corrected chi connectivity index (χ0v) is 27.4. The molecule has 14 heteroatoms. The fourth-order valence-electron chi connectivity index (χ4n) is 6.13. The number of nitrogens with one attached hydrogen (secondary N) is 1. The molecule has 252 valence electrons. The van der Waals surface area contributed by atoms with Crippen LogP contribution in [0.2, 0.25) is 0 Å². The minimum absolute atomic E-state index is 0.00501. The molecular formula is C34H36F2N6O5S. The zero-order chi connectivity index (χ0) is 33.8. The number of nitrogens with zero attached hydrogens (tertiary/aromatic N) is 5. The van der Waals surface area contributed by atoms with E-state index in [1.165, 1.54) is 22.5 Å². The first kappa shape index (κ1) is 33.1. The van der Waals surface area contributed by atoms with Crippen LogP contribution in [0.3, 0.4) is 0 Å². The predicted octanol–water partition coefficient (Wildman–Crippen LogP) is 4.24. The molecular weight excluding hydrogens is 642 g/mol. The Morgan fingerprint density at radius 3 is 2.21 bits per heavy atom. The van der Waals surface area contributed by atoms with Gasteiger partial charge in [0.05, 0.1) is 48.3 Å². The first-order valence-corrected chi connectivity index (χ1v) is 17.0. The number of halogens is 2. The minimum Gasteiger partial charge on any atom is -0.496 e. The number of piperazine rings is 1. The van der Waals surface area contributed by atoms with E-state index in [1.54, 1.807) is 50.6 Å². The Balaban J connectivity index is 1.26. The van der Waals surface area contributed by atoms with Gasteiger partial charge in [0.1, 0.15) is 29.2 Å². The Morgan fingerprint density at radius 1 is 0.875 bits per heavy atom. The molecule has 2 fully saturated rings. The molecule has 11 nitrogen and oxygen atoms in total. The SMILES string of the molecule is COc1cccc(OC)c1-c1cc(CNC(=O)C2CCCN2S(=O)(=O)c2ccc(F)cc2)nc(N2CCN(c3ccccc3F)CC2)n1. The quantitative estimate of drug-likeness (QED) is 0.263. The van der Waals surface area contributed by atoms with Gasteiger partial charge < -0.3 is 24.6 Å². The number of hydrogen-bond acceptors (Lipinski definition) is 9. The van der Waals surface area contributed by atoms with Gasteiger partial charge in [-0.25, -0.2) is 27.2 Å². The molecule has 0 aliphatic carbocycles. The normalized spacial score (nSPS) is 17.0. The van der Waals surface area contributed by atoms with Gasteiger partial charge in [0.2, 0.25) is 21.9 Å². The van der Waals surface area contributed by atoms with Crippen molar-refractivity contribution in [3.8, 4) is 22.8 Å². The molecule has 0 bridgehead atoms. The van der Waals surface area contributed by atoms with E-state index in [0.29, 0.717) is 79.1 Å². The third-order valence-electron chi connectivity index (χ3n) is 8.58. The molecule has 3 aromatic carbocycles. The van der Waals surface area contributed by atoms with Crippen molar-refractivity contribution in [1.29, 1.82) is 0 Å². The maximum atomic E-state index is 14.5. The van der Waals surface area contributed by atoms with E-state index in [1.807, 2.05) is 15.9 Å². The number of para-hydroxylation sites is 1. The summed E-state index contributed by atoms with van der Waals surface area (Å²) in [7, 11) is -0.916. The number of amides is 1. The molecule has 2 aliphatic heterocycles. The summed E-state index contributed by atoms with van der Waals surface area (Å²) >= 11 is 0. The molecule has 0 spiro atoms. The summed E-state index contributed by atoms with van der Waals surface area (Å²) in [4.78, 5) is 27.1. The number of methoxy groups -OCH3 is 2. The van der Waals surface area contributed by atoms with Crippen LogP contribution in [0.4, 0.5) is 20.4 Å². The average Bonchev–Trinajstić information content (AvgIpc) is 3.62. The number of carbonyl (C=O) groups is 1. The molecule has 1 N–H and O–H groups in total. The molecule has 48 heavy (non-hydrogen) atoms. The molecule has 6 rings (SSSR count). The molecule has 1 amide bonds. The van der Waals surface area contributed by atoms with Gasteiger partial charge in [-0.05, 0) is 67.4 Å². The Hall–Kier alpha value is -4.82. The van der Waals surface area contributed by atoms with E-state index in [4.69, 9.17) is 19.4 Å². The highest BCUT2D eigenvalue weighted by Gasteiger charge is 2.39. The number of aromatic nitrogens is 2. The molecule has 1 unspecified atom stereocenters. The van der Waals surface area contributed by atoms with Crippen molar-refractivity contribution in [3.05, 3.63) is 90.1 Å². The summed E-state index contributed by atoms with van der Waals surface area (Å²) in [6.45, 7) is 2.29. The number of hydrogen-bond donors (Lipinski definition) is 1. The van der Waals surface area contributed by atoms with Gasteiger partial charge in [-0.1, -0.05) is 18.2 Å². The Labute approximate surface area is 278 Å². The summed E-state index contributed by atoms with van der Waals surface area (Å²) in [5, 5.41) is 2.88. The fraction of sp³-hybridized carbons (Fsp3) is 0.324. The van der Waals surface area contributed by atoms with Gasteiger partial charge in [-0.15, -0.1) is 0 Å². The van der Waals surface area contributed by atoms with E-state index in [9.17, 15) is 22.0 Å². The van der Waals surface area contributed by atoms with E-state index in [2.05, 4.69) is 5.32 Å². The first-order valence-electron chi connectivity index (χ1n) is 15.6. The monoisotopic (exact) mass is 678 g/mol. The van der Waals surface area contributed by atoms with Crippen LogP contribution in [-0.4, -0.2) is 81.6 Å². The highest BCUT2D eigenvalue weighted by Crippen LogP contribution is 2.38. The van der Waals surface area contributed by atoms with Crippen molar-refractivity contribution in [3.63, 3.8) is 0 Å². The van der Waals surface area contributed by atoms with Crippen LogP contribution >= 0.6 is 0 Å². The maximum absolute atomic E-state index is 14.5. The topological polar surface area (TPSA) is 117 Å². The van der Waals surface area contributed by atoms with Crippen LogP contribution in [0.25, 0.3) is 11.3 Å². The highest BCUT2D eigenvalue weighted by atomic mass is 32.2. The molecule has 4 aromatic rings. The molecule has 1 aromatic heterocycles. The van der Waals surface area contributed by atoms with Crippen molar-refractivity contribution >= 4 is 27.6 Å². The van der Waals surface area contributed by atoms with E-state index < -0.39 is 27.8 Å². The second-order valence-electron chi connectivity index (χ2n) is 11.5. The van der Waals surface area contributed by atoms with Gasteiger partial charge in [-0.2, -0.15) is 4.31 Å². The summed E-state index contributed by atoms with van der Waals surface area (Å²) in [6.07, 6.45) is 0.851. The van der Waals surface area contributed by atoms with Gasteiger partial charge in [-0.3, -0.25) is 4.79 Å². The van der Waals surface area contributed by atoms with Gasteiger partial charge in [0.15, 0.2) is 0 Å². The molecule has 0 radical (unpaired) electrons. The van der Waals surface area contributed by atoms with Crippen molar-refractivity contribution in [1.82, 2.24) is 19.6 Å². The number of benzene rings is 3. The third kappa shape index (κ3) is 6.76. The lowest BCUT2D eigenvalue weighted by Crippen LogP contribution is -2.47. The molecule has 0 saturated carbocycles. The van der Waals surface area contributed by atoms with Crippen LogP contribution in [0.1, 0.15) is 18.5 Å². The molecule has 2 aliphatic rings. The van der Waals surface area contributed by atoms with Gasteiger partial charge in [0, 0.05) is 32.7 Å². The van der Waals surface area contributed by atoms with Crippen LogP contribution in [-0.2, 0) is 21.4 Å². The number of carbonyl (C=O) groups excluding carboxylic acids is 1. The molecule has 1 atom stereocenters. The predicted molar refractivity (Wildman–Crippen MR) is 177 cm³/mol. The lowest BCUT2D eigenvalue weighted by atomic mass is 10.1. The standard InChI is InChI=1S/C34H36F2N6O5S/c1-46-30-10-5-11-31(47-2)32(30)27-21-24(38-34(39-27)41-19-17-40(18-20-41)28-8-4-3-7-26(28)36)22-37-33(43)29-9-6-16-42(29)48(44,45)25-14-12-23(35)13-15-25/h3-5,7-8,10-15,21,29H,6,9,16-20,22H2,1-2H3,(H,37,43). The number of sulfonamides is 1. The minimum atomic E-state index is -4.02. The van der Waals surface area contributed by atoms with Crippen LogP contribution in [0, 0.1) is 11.6 Å². The van der Waals surface area contributed by atoms with E-state index in [-0.39, 0.29) is 23.8 Å². The summed E-state index contributed by atoms with van der Waals surface area (Å²) in [6, 6.07) is 17.4. The first-order chi connectivity index (χ1) is 23.2. The van der Waals surface area contributed by atoms with Crippen molar-refractivity contribution in [2.24, 2.45) is 0 Å². The van der Waals surface area contributed by atoms with Crippen LogP contribution in [0.5, 0.6) is 11.5 Å². The smallest absolute Gasteiger partial charge is 0.243 e. The zero-order valence-electron chi connectivity index (χ0n) is 26.6. The summed E-state index contributed by atoms with van der Waals surface area (Å²) in [5.74, 6) is 0.187. The summed E-state index contributed by atoms with van der Waals surface area (Å²) < 4.78 is 67.1. The largest absolute Gasteiger partial charge is 0.496 e. The maximum Gasteiger partial charge on any atom is 0.243 e. The second kappa shape index (κ2) is 14.1. The number of ether oxygens (including phenoxy) is 2. The van der Waals surface area contributed by atoms with E-state index >= 15 is 0 Å². The van der Waals surface area contributed by atoms with Gasteiger partial charge in [0.25, 0.3) is 0 Å². The van der Waals surface area contributed by atoms with E-state index in [0.717, 1.165) is 12.1 Å². The van der Waals surface area contributed by atoms with Gasteiger partial charge >= 0.3 is 0 Å². The van der Waals surface area contributed by atoms with Crippen molar-refractivity contribution in [2.75, 3.05) is 56.7 Å². The second-order valence-corrected chi connectivity index (χ2v) is 13.3.